The summed E-state index contributed by atoms with van der Waals surface area (Å²) < 4.78 is 5.54. The van der Waals surface area contributed by atoms with Gasteiger partial charge in [-0.1, -0.05) is 36.4 Å². The number of benzene rings is 2. The summed E-state index contributed by atoms with van der Waals surface area (Å²) in [6.07, 6.45) is 0. The Kier molecular flexibility index (Phi) is 3.90. The maximum Gasteiger partial charge on any atom is 0.345 e. The Balaban J connectivity index is 1.83. The lowest BCUT2D eigenvalue weighted by atomic mass is 10.0. The number of aromatic amines is 1. The molecule has 0 atom stereocenters. The van der Waals surface area contributed by atoms with Crippen molar-refractivity contribution in [3.05, 3.63) is 92.4 Å². The zero-order valence-corrected chi connectivity index (χ0v) is 15.7. The quantitative estimate of drug-likeness (QED) is 0.340. The molecule has 6 heteroatoms. The first-order chi connectivity index (χ1) is 14.2. The minimum absolute atomic E-state index is 0.0202. The minimum Gasteiger partial charge on any atom is -0.422 e. The number of rotatable bonds is 2. The molecule has 5 aromatic rings. The average molecular weight is 396 g/mol. The first-order valence-electron chi connectivity index (χ1n) is 8.83. The molecule has 0 bridgehead atoms. The minimum atomic E-state index is -0.551. The third-order valence-electron chi connectivity index (χ3n) is 4.86. The van der Waals surface area contributed by atoms with E-state index in [4.69, 9.17) is 4.42 Å². The highest BCUT2D eigenvalue weighted by atomic mass is 32.1. The van der Waals surface area contributed by atoms with Gasteiger partial charge >= 0.3 is 5.63 Å². The number of H-pyrrole nitrogens is 1. The van der Waals surface area contributed by atoms with Crippen LogP contribution in [-0.2, 0) is 0 Å². The first-order valence-corrected chi connectivity index (χ1v) is 9.71. The van der Waals surface area contributed by atoms with Crippen LogP contribution in [0.25, 0.3) is 43.4 Å². The van der Waals surface area contributed by atoms with Crippen LogP contribution < -0.4 is 11.2 Å². The maximum absolute atomic E-state index is 12.7. The van der Waals surface area contributed by atoms with Crippen LogP contribution in [0, 0.1) is 11.3 Å². The van der Waals surface area contributed by atoms with Crippen molar-refractivity contribution in [1.29, 1.82) is 5.26 Å². The van der Waals surface area contributed by atoms with Crippen LogP contribution in [-0.4, -0.2) is 4.98 Å². The van der Waals surface area contributed by atoms with Crippen molar-refractivity contribution in [2.75, 3.05) is 0 Å². The summed E-state index contributed by atoms with van der Waals surface area (Å²) in [7, 11) is 0. The van der Waals surface area contributed by atoms with Gasteiger partial charge in [-0.2, -0.15) is 5.26 Å². The fourth-order valence-electron chi connectivity index (χ4n) is 3.50. The summed E-state index contributed by atoms with van der Waals surface area (Å²) in [6, 6.07) is 20.5. The van der Waals surface area contributed by atoms with E-state index in [-0.39, 0.29) is 11.1 Å². The Morgan fingerprint density at radius 3 is 2.59 bits per heavy atom. The van der Waals surface area contributed by atoms with Crippen LogP contribution in [0.15, 0.2) is 80.0 Å². The molecule has 5 rings (SSSR count). The van der Waals surface area contributed by atoms with E-state index in [1.54, 1.807) is 18.2 Å². The van der Waals surface area contributed by atoms with E-state index in [9.17, 15) is 14.9 Å². The Morgan fingerprint density at radius 1 is 0.931 bits per heavy atom. The first kappa shape index (κ1) is 17.2. The fourth-order valence-corrected chi connectivity index (χ4v) is 4.25. The fraction of sp³-hybridized carbons (Fsp3) is 0. The van der Waals surface area contributed by atoms with Crippen LogP contribution in [0.4, 0.5) is 0 Å². The molecule has 0 amide bonds. The normalized spacial score (nSPS) is 11.0. The van der Waals surface area contributed by atoms with Gasteiger partial charge in [0.15, 0.2) is 0 Å². The van der Waals surface area contributed by atoms with Gasteiger partial charge in [-0.3, -0.25) is 4.79 Å². The van der Waals surface area contributed by atoms with E-state index in [0.29, 0.717) is 16.8 Å². The molecule has 3 heterocycles. The number of nitrogens with zero attached hydrogens (tertiary/aromatic N) is 1. The van der Waals surface area contributed by atoms with Gasteiger partial charge in [-0.05, 0) is 40.4 Å². The summed E-state index contributed by atoms with van der Waals surface area (Å²) in [5, 5.41) is 14.0. The highest BCUT2D eigenvalue weighted by molar-refractivity contribution is 7.13. The number of pyridine rings is 1. The Morgan fingerprint density at radius 2 is 1.79 bits per heavy atom. The smallest absolute Gasteiger partial charge is 0.345 e. The van der Waals surface area contributed by atoms with E-state index in [2.05, 4.69) is 4.98 Å². The van der Waals surface area contributed by atoms with E-state index < -0.39 is 11.2 Å². The summed E-state index contributed by atoms with van der Waals surface area (Å²) in [6.45, 7) is 0. The maximum atomic E-state index is 12.7. The molecule has 1 N–H and O–H groups in total. The van der Waals surface area contributed by atoms with Gasteiger partial charge in [-0.15, -0.1) is 11.3 Å². The summed E-state index contributed by atoms with van der Waals surface area (Å²) in [5.41, 5.74) is 0.475. The molecule has 5 nitrogen and oxygen atoms in total. The number of nitrogens with one attached hydrogen (secondary N) is 1. The lowest BCUT2D eigenvalue weighted by molar-refractivity contribution is 0.563. The Bertz CT molecular complexity index is 1550. The molecule has 0 radical (unpaired) electrons. The zero-order valence-electron chi connectivity index (χ0n) is 14.9. The van der Waals surface area contributed by atoms with Gasteiger partial charge in [0, 0.05) is 15.8 Å². The van der Waals surface area contributed by atoms with E-state index in [1.165, 1.54) is 11.3 Å². The van der Waals surface area contributed by atoms with Crippen molar-refractivity contribution in [1.82, 2.24) is 4.98 Å². The number of hydrogen-bond donors (Lipinski definition) is 1. The molecule has 2 aromatic carbocycles. The lowest BCUT2D eigenvalue weighted by Crippen LogP contribution is -2.14. The molecule has 0 aliphatic heterocycles. The molecule has 0 unspecified atom stereocenters. The molecule has 0 fully saturated rings. The molecular weight excluding hydrogens is 384 g/mol. The predicted molar refractivity (Wildman–Crippen MR) is 114 cm³/mol. The van der Waals surface area contributed by atoms with E-state index >= 15 is 0 Å². The molecular formula is C23H12N2O3S. The van der Waals surface area contributed by atoms with Crippen LogP contribution in [0.5, 0.6) is 0 Å². The monoisotopic (exact) mass is 396 g/mol. The highest BCUT2D eigenvalue weighted by Gasteiger charge is 2.16. The number of fused-ring (bicyclic) bond motifs is 3. The second-order valence-electron chi connectivity index (χ2n) is 6.54. The van der Waals surface area contributed by atoms with Crippen LogP contribution in [0.2, 0.25) is 0 Å². The highest BCUT2D eigenvalue weighted by Crippen LogP contribution is 2.31. The van der Waals surface area contributed by atoms with Crippen molar-refractivity contribution < 1.29 is 4.42 Å². The second kappa shape index (κ2) is 6.59. The topological polar surface area (TPSA) is 86.9 Å². The standard InChI is InChI=1S/C23H12N2O3S/c24-12-18-16(21-6-3-9-29-21)11-19(25-22(18)26)17-10-15-14-5-2-1-4-13(14)7-8-20(15)28-23(17)27/h1-11H,(H,25,26). The van der Waals surface area contributed by atoms with Crippen molar-refractivity contribution in [2.24, 2.45) is 0 Å². The van der Waals surface area contributed by atoms with Gasteiger partial charge in [0.1, 0.15) is 17.2 Å². The van der Waals surface area contributed by atoms with Gasteiger partial charge in [0.05, 0.1) is 11.3 Å². The Hall–Kier alpha value is -3.95. The molecule has 29 heavy (non-hydrogen) atoms. The van der Waals surface area contributed by atoms with Crippen LogP contribution >= 0.6 is 11.3 Å². The van der Waals surface area contributed by atoms with Crippen LogP contribution in [0.3, 0.4) is 0 Å². The van der Waals surface area contributed by atoms with E-state index in [1.807, 2.05) is 53.9 Å². The number of thiophene rings is 1. The lowest BCUT2D eigenvalue weighted by Gasteiger charge is -2.08. The molecule has 0 aliphatic rings. The van der Waals surface area contributed by atoms with Crippen molar-refractivity contribution in [2.45, 2.75) is 0 Å². The molecule has 3 aromatic heterocycles. The van der Waals surface area contributed by atoms with Crippen molar-refractivity contribution in [3.8, 4) is 27.8 Å². The summed E-state index contributed by atoms with van der Waals surface area (Å²) in [5.74, 6) is 0. The third kappa shape index (κ3) is 2.76. The van der Waals surface area contributed by atoms with Crippen molar-refractivity contribution in [3.63, 3.8) is 0 Å². The molecule has 0 saturated heterocycles. The predicted octanol–water partition coefficient (Wildman–Crippen LogP) is 4.90. The van der Waals surface area contributed by atoms with Crippen LogP contribution in [0.1, 0.15) is 5.56 Å². The Labute approximate surface area is 168 Å². The number of nitriles is 1. The summed E-state index contributed by atoms with van der Waals surface area (Å²) in [4.78, 5) is 28.7. The van der Waals surface area contributed by atoms with Gasteiger partial charge in [0.25, 0.3) is 5.56 Å². The second-order valence-corrected chi connectivity index (χ2v) is 7.48. The van der Waals surface area contributed by atoms with Gasteiger partial charge in [-0.25, -0.2) is 4.79 Å². The molecule has 0 saturated carbocycles. The molecule has 0 aliphatic carbocycles. The molecule has 138 valence electrons. The van der Waals surface area contributed by atoms with Crippen molar-refractivity contribution >= 4 is 33.1 Å². The average Bonchev–Trinajstić information content (AvgIpc) is 3.27. The summed E-state index contributed by atoms with van der Waals surface area (Å²) >= 11 is 1.42. The van der Waals surface area contributed by atoms with Gasteiger partial charge < -0.3 is 9.40 Å². The van der Waals surface area contributed by atoms with Gasteiger partial charge in [0.2, 0.25) is 0 Å². The largest absolute Gasteiger partial charge is 0.422 e. The number of hydrogen-bond acceptors (Lipinski definition) is 5. The third-order valence-corrected chi connectivity index (χ3v) is 5.77. The zero-order chi connectivity index (χ0) is 20.0. The number of aromatic nitrogens is 1. The molecule has 0 spiro atoms. The van der Waals surface area contributed by atoms with E-state index in [0.717, 1.165) is 21.0 Å². The SMILES string of the molecule is N#Cc1c(-c2cccs2)cc(-c2cc3c(ccc4ccccc43)oc2=O)[nH]c1=O.